The Morgan fingerprint density at radius 2 is 0.767 bits per heavy atom. The van der Waals surface area contributed by atoms with E-state index in [-0.39, 0.29) is 21.3 Å². The van der Waals surface area contributed by atoms with Crippen LogP contribution >= 0.6 is 34.8 Å². The van der Waals surface area contributed by atoms with Gasteiger partial charge >= 0.3 is 0 Å². The molecule has 0 saturated carbocycles. The molecule has 0 atom stereocenters. The van der Waals surface area contributed by atoms with Crippen LogP contribution < -0.4 is 0 Å². The van der Waals surface area contributed by atoms with Crippen molar-refractivity contribution in [1.82, 2.24) is 29.9 Å². The summed E-state index contributed by atoms with van der Waals surface area (Å²) < 4.78 is 0. The molecule has 0 saturated heterocycles. The second-order valence-corrected chi connectivity index (χ2v) is 23.9. The highest BCUT2D eigenvalue weighted by Crippen LogP contribution is 2.52. The molecule has 0 radical (unpaired) electrons. The molecule has 86 heavy (non-hydrogen) atoms. The molecule has 3 heterocycles. The van der Waals surface area contributed by atoms with Gasteiger partial charge in [0, 0.05) is 49.0 Å². The average Bonchev–Trinajstić information content (AvgIpc) is 1.43. The number of hydrogen-bond donors (Lipinski definition) is 0. The van der Waals surface area contributed by atoms with Crippen molar-refractivity contribution in [3.05, 3.63) is 264 Å². The van der Waals surface area contributed by atoms with E-state index in [0.29, 0.717) is 0 Å². The van der Waals surface area contributed by atoms with E-state index in [2.05, 4.69) is 243 Å². The van der Waals surface area contributed by atoms with Gasteiger partial charge in [0.2, 0.25) is 15.9 Å². The molecule has 0 amide bonds. The van der Waals surface area contributed by atoms with E-state index < -0.39 is 0 Å². The molecule has 17 rings (SSSR count). The van der Waals surface area contributed by atoms with Gasteiger partial charge in [0.25, 0.3) is 0 Å². The molecule has 16 aromatic rings. The highest BCUT2D eigenvalue weighted by atomic mass is 35.5. The molecule has 9 heteroatoms. The standard InChI is InChI=1S/C77H45Cl3N6/c1-77(2)64-36-33-48(39-63(64)57-34-32-50(40-65(57)77)71-68-59-21-11-7-17-54(59)55-18-9-12-22-60(55)73(68)86-76(80)84-71)62-41-66-67(58-20-10-8-19-56(58)62)70(83-74(78)81-66)49-30-28-45-37-47(29-27-46(45)38-49)52-15-6-5-14-51(52)43-23-25-44(26-24-43)69-61-35-31-42-13-3-4-16-53(42)72(61)85-75(79)82-69/h3-41H,1-2H3. The lowest BCUT2D eigenvalue weighted by Gasteiger charge is -2.22. The van der Waals surface area contributed by atoms with Crippen molar-refractivity contribution in [3.63, 3.8) is 0 Å². The topological polar surface area (TPSA) is 77.3 Å². The fraction of sp³-hybridized carbons (Fsp3) is 0.0390. The predicted octanol–water partition coefficient (Wildman–Crippen LogP) is 21.6. The van der Waals surface area contributed by atoms with E-state index in [4.69, 9.17) is 59.7 Å². The normalized spacial score (nSPS) is 12.8. The maximum absolute atomic E-state index is 6.95. The van der Waals surface area contributed by atoms with Gasteiger partial charge in [-0.1, -0.05) is 214 Å². The Balaban J connectivity index is 0.716. The molecule has 1 aliphatic rings. The van der Waals surface area contributed by atoms with Crippen LogP contribution in [0, 0.1) is 0 Å². The monoisotopic (exact) mass is 1160 g/mol. The highest BCUT2D eigenvalue weighted by molar-refractivity contribution is 6.32. The quantitative estimate of drug-likeness (QED) is 0.122. The molecule has 0 spiro atoms. The van der Waals surface area contributed by atoms with Crippen LogP contribution in [0.4, 0.5) is 0 Å². The van der Waals surface area contributed by atoms with Crippen LogP contribution in [0.15, 0.2) is 237 Å². The second kappa shape index (κ2) is 19.3. The lowest BCUT2D eigenvalue weighted by atomic mass is 9.81. The Morgan fingerprint density at radius 1 is 0.267 bits per heavy atom. The van der Waals surface area contributed by atoms with Crippen molar-refractivity contribution in [2.75, 3.05) is 0 Å². The van der Waals surface area contributed by atoms with Crippen LogP contribution in [-0.4, -0.2) is 29.9 Å². The molecule has 6 nitrogen and oxygen atoms in total. The summed E-state index contributed by atoms with van der Waals surface area (Å²) in [6.07, 6.45) is 0. The van der Waals surface area contributed by atoms with Gasteiger partial charge in [0.15, 0.2) is 0 Å². The molecule has 1 aliphatic carbocycles. The smallest absolute Gasteiger partial charge is 0.218 e. The molecular weight excluding hydrogens is 1120 g/mol. The van der Waals surface area contributed by atoms with Crippen molar-refractivity contribution in [2.45, 2.75) is 19.3 Å². The Kier molecular flexibility index (Phi) is 11.3. The minimum Gasteiger partial charge on any atom is -0.218 e. The third-order valence-corrected chi connectivity index (χ3v) is 18.4. The van der Waals surface area contributed by atoms with Gasteiger partial charge in [-0.3, -0.25) is 0 Å². The molecule has 404 valence electrons. The molecule has 0 bridgehead atoms. The summed E-state index contributed by atoms with van der Waals surface area (Å²) in [5, 5.41) is 14.5. The van der Waals surface area contributed by atoms with E-state index >= 15 is 0 Å². The van der Waals surface area contributed by atoms with Gasteiger partial charge in [-0.25, -0.2) is 29.9 Å². The fourth-order valence-corrected chi connectivity index (χ4v) is 14.4. The first-order valence-corrected chi connectivity index (χ1v) is 29.8. The molecule has 0 aliphatic heterocycles. The predicted molar refractivity (Wildman–Crippen MR) is 358 cm³/mol. The van der Waals surface area contributed by atoms with Crippen LogP contribution in [0.25, 0.3) is 165 Å². The summed E-state index contributed by atoms with van der Waals surface area (Å²) in [6, 6.07) is 84.2. The van der Waals surface area contributed by atoms with Crippen LogP contribution in [0.2, 0.25) is 15.9 Å². The number of aromatic nitrogens is 6. The Labute approximate surface area is 509 Å². The van der Waals surface area contributed by atoms with Gasteiger partial charge in [0.05, 0.1) is 33.6 Å². The van der Waals surface area contributed by atoms with Crippen LogP contribution in [0.1, 0.15) is 25.0 Å². The maximum Gasteiger partial charge on any atom is 0.223 e. The number of halogens is 3. The number of rotatable bonds is 6. The molecule has 13 aromatic carbocycles. The summed E-state index contributed by atoms with van der Waals surface area (Å²) in [5.41, 5.74) is 19.0. The molecule has 0 unspecified atom stereocenters. The lowest BCUT2D eigenvalue weighted by molar-refractivity contribution is 0.660. The van der Waals surface area contributed by atoms with Crippen molar-refractivity contribution in [3.8, 4) is 78.3 Å². The summed E-state index contributed by atoms with van der Waals surface area (Å²) in [7, 11) is 0. The number of hydrogen-bond acceptors (Lipinski definition) is 6. The maximum atomic E-state index is 6.95. The SMILES string of the molecule is CC1(C)c2ccc(-c3cc4nc(Cl)nc(-c5ccc6cc(-c7ccccc7-c7ccc(-c8nc(Cl)nc9c8ccc8ccccc89)cc7)ccc6c5)c4c4ccccc34)cc2-c2ccc(-c3nc(Cl)nc4c5ccccc5c5ccccc5c34)cc21. The zero-order valence-electron chi connectivity index (χ0n) is 46.3. The van der Waals surface area contributed by atoms with Gasteiger partial charge < -0.3 is 0 Å². The first kappa shape index (κ1) is 50.6. The number of fused-ring (bicyclic) bond motifs is 16. The van der Waals surface area contributed by atoms with E-state index in [1.807, 2.05) is 12.1 Å². The second-order valence-electron chi connectivity index (χ2n) is 22.9. The van der Waals surface area contributed by atoms with Crippen LogP contribution in [-0.2, 0) is 5.41 Å². The van der Waals surface area contributed by atoms with Gasteiger partial charge in [0.1, 0.15) is 0 Å². The number of benzene rings is 13. The lowest BCUT2D eigenvalue weighted by Crippen LogP contribution is -2.15. The summed E-state index contributed by atoms with van der Waals surface area (Å²) in [4.78, 5) is 29.2. The Morgan fingerprint density at radius 3 is 1.52 bits per heavy atom. The summed E-state index contributed by atoms with van der Waals surface area (Å²) in [6.45, 7) is 4.63. The van der Waals surface area contributed by atoms with Crippen molar-refractivity contribution in [1.29, 1.82) is 0 Å². The summed E-state index contributed by atoms with van der Waals surface area (Å²) in [5.74, 6) is 0. The van der Waals surface area contributed by atoms with E-state index in [1.54, 1.807) is 0 Å². The molecule has 3 aromatic heterocycles. The Bertz CT molecular complexity index is 5620. The fourth-order valence-electron chi connectivity index (χ4n) is 13.9. The van der Waals surface area contributed by atoms with Gasteiger partial charge in [-0.15, -0.1) is 0 Å². The first-order chi connectivity index (χ1) is 42.1. The van der Waals surface area contributed by atoms with E-state index in [0.717, 1.165) is 154 Å². The minimum absolute atomic E-state index is 0.191. The zero-order chi connectivity index (χ0) is 57.5. The molecule has 0 N–H and O–H groups in total. The first-order valence-electron chi connectivity index (χ1n) is 28.6. The summed E-state index contributed by atoms with van der Waals surface area (Å²) >= 11 is 20.4. The minimum atomic E-state index is -0.301. The van der Waals surface area contributed by atoms with Crippen LogP contribution in [0.5, 0.6) is 0 Å². The Hall–Kier alpha value is -9.95. The van der Waals surface area contributed by atoms with Crippen LogP contribution in [0.3, 0.4) is 0 Å². The highest BCUT2D eigenvalue weighted by Gasteiger charge is 2.36. The van der Waals surface area contributed by atoms with E-state index in [9.17, 15) is 0 Å². The number of nitrogens with zero attached hydrogens (tertiary/aromatic N) is 6. The molecule has 0 fully saturated rings. The average molecular weight is 1160 g/mol. The third kappa shape index (κ3) is 7.87. The van der Waals surface area contributed by atoms with Gasteiger partial charge in [-0.2, -0.15) is 0 Å². The van der Waals surface area contributed by atoms with Crippen molar-refractivity contribution < 1.29 is 0 Å². The zero-order valence-corrected chi connectivity index (χ0v) is 48.6. The largest absolute Gasteiger partial charge is 0.223 e. The van der Waals surface area contributed by atoms with Crippen molar-refractivity contribution in [2.24, 2.45) is 0 Å². The van der Waals surface area contributed by atoms with Crippen molar-refractivity contribution >= 4 is 121 Å². The van der Waals surface area contributed by atoms with E-state index in [1.165, 1.54) is 22.3 Å². The molecular formula is C77H45Cl3N6. The van der Waals surface area contributed by atoms with Gasteiger partial charge in [-0.05, 0) is 170 Å². The third-order valence-electron chi connectivity index (χ3n) is 17.9.